The molecule has 7 heteroatoms. The Morgan fingerprint density at radius 1 is 0.933 bits per heavy atom. The van der Waals surface area contributed by atoms with Crippen molar-refractivity contribution in [2.45, 2.75) is 6.10 Å². The summed E-state index contributed by atoms with van der Waals surface area (Å²) in [6, 6.07) is 20.3. The van der Waals surface area contributed by atoms with Crippen molar-refractivity contribution in [3.8, 4) is 0 Å². The Labute approximate surface area is 178 Å². The standard InChI is InChI=1S/C23H17ClN2O4/c1-30-20(14-7-3-2-4-8-14)21(27)25-15-11-12-19(18(24)13-15)26-22(28)16-9-5-6-10-17(16)23(26)29/h2-13,20H,1H3,(H,25,27)/t20-/m1/s1. The summed E-state index contributed by atoms with van der Waals surface area (Å²) in [4.78, 5) is 39.0. The van der Waals surface area contributed by atoms with E-state index >= 15 is 0 Å². The van der Waals surface area contributed by atoms with Gasteiger partial charge in [-0.3, -0.25) is 14.4 Å². The Bertz CT molecular complexity index is 1110. The van der Waals surface area contributed by atoms with Gasteiger partial charge in [0.05, 0.1) is 21.8 Å². The molecule has 0 spiro atoms. The van der Waals surface area contributed by atoms with Crippen LogP contribution in [-0.2, 0) is 9.53 Å². The van der Waals surface area contributed by atoms with Gasteiger partial charge in [0.25, 0.3) is 17.7 Å². The summed E-state index contributed by atoms with van der Waals surface area (Å²) in [6.45, 7) is 0. The van der Waals surface area contributed by atoms with Gasteiger partial charge in [-0.1, -0.05) is 54.1 Å². The first kappa shape index (κ1) is 19.8. The van der Waals surface area contributed by atoms with Crippen LogP contribution in [0, 0.1) is 0 Å². The number of ether oxygens (including phenoxy) is 1. The Kier molecular flexibility index (Phi) is 5.35. The van der Waals surface area contributed by atoms with E-state index in [9.17, 15) is 14.4 Å². The third-order valence-electron chi connectivity index (χ3n) is 4.83. The van der Waals surface area contributed by atoms with Gasteiger partial charge >= 0.3 is 0 Å². The predicted molar refractivity (Wildman–Crippen MR) is 114 cm³/mol. The lowest BCUT2D eigenvalue weighted by Gasteiger charge is -2.18. The largest absolute Gasteiger partial charge is 0.367 e. The molecule has 0 bridgehead atoms. The smallest absolute Gasteiger partial charge is 0.266 e. The number of carbonyl (C=O) groups excluding carboxylic acids is 3. The molecule has 1 aliphatic rings. The van der Waals surface area contributed by atoms with Crippen LogP contribution in [0.5, 0.6) is 0 Å². The fourth-order valence-electron chi connectivity index (χ4n) is 3.40. The maximum atomic E-state index is 12.7. The number of fused-ring (bicyclic) bond motifs is 1. The fraction of sp³-hybridized carbons (Fsp3) is 0.0870. The van der Waals surface area contributed by atoms with Gasteiger partial charge in [-0.2, -0.15) is 0 Å². The van der Waals surface area contributed by atoms with Crippen LogP contribution in [-0.4, -0.2) is 24.8 Å². The van der Waals surface area contributed by atoms with Crippen molar-refractivity contribution in [2.75, 3.05) is 17.3 Å². The number of nitrogens with one attached hydrogen (secondary N) is 1. The molecular formula is C23H17ClN2O4. The summed E-state index contributed by atoms with van der Waals surface area (Å²) in [7, 11) is 1.45. The molecule has 0 saturated heterocycles. The van der Waals surface area contributed by atoms with Gasteiger partial charge in [0.2, 0.25) is 0 Å². The van der Waals surface area contributed by atoms with Gasteiger partial charge in [0.15, 0.2) is 6.10 Å². The Balaban J connectivity index is 1.56. The first-order chi connectivity index (χ1) is 14.5. The molecule has 0 saturated carbocycles. The summed E-state index contributed by atoms with van der Waals surface area (Å²) in [6.07, 6.45) is -0.791. The number of amides is 3. The monoisotopic (exact) mass is 420 g/mol. The third kappa shape index (κ3) is 3.47. The van der Waals surface area contributed by atoms with Crippen LogP contribution < -0.4 is 10.2 Å². The number of benzene rings is 3. The molecule has 3 aromatic rings. The number of nitrogens with zero attached hydrogens (tertiary/aromatic N) is 1. The third-order valence-corrected chi connectivity index (χ3v) is 5.13. The second kappa shape index (κ2) is 8.10. The highest BCUT2D eigenvalue weighted by atomic mass is 35.5. The highest BCUT2D eigenvalue weighted by Gasteiger charge is 2.37. The number of rotatable bonds is 5. The van der Waals surface area contributed by atoms with Crippen molar-refractivity contribution >= 4 is 40.7 Å². The molecule has 4 rings (SSSR count). The summed E-state index contributed by atoms with van der Waals surface area (Å²) < 4.78 is 5.33. The lowest BCUT2D eigenvalue weighted by atomic mass is 10.1. The minimum Gasteiger partial charge on any atom is -0.367 e. The molecule has 30 heavy (non-hydrogen) atoms. The lowest BCUT2D eigenvalue weighted by molar-refractivity contribution is -0.126. The van der Waals surface area contributed by atoms with Crippen LogP contribution in [0.2, 0.25) is 5.02 Å². The first-order valence-electron chi connectivity index (χ1n) is 9.17. The zero-order valence-electron chi connectivity index (χ0n) is 16.0. The quantitative estimate of drug-likeness (QED) is 0.618. The van der Waals surface area contributed by atoms with E-state index in [1.807, 2.05) is 18.2 Å². The first-order valence-corrected chi connectivity index (χ1v) is 9.55. The molecule has 6 nitrogen and oxygen atoms in total. The van der Waals surface area contributed by atoms with Crippen molar-refractivity contribution in [3.63, 3.8) is 0 Å². The average Bonchev–Trinajstić information content (AvgIpc) is 3.00. The van der Waals surface area contributed by atoms with Gasteiger partial charge in [0, 0.05) is 12.8 Å². The topological polar surface area (TPSA) is 75.7 Å². The SMILES string of the molecule is CO[C@@H](C(=O)Nc1ccc(N2C(=O)c3ccccc3C2=O)c(Cl)c1)c1ccccc1. The van der Waals surface area contributed by atoms with E-state index in [2.05, 4.69) is 5.32 Å². The molecule has 1 aliphatic heterocycles. The number of hydrogen-bond donors (Lipinski definition) is 1. The zero-order chi connectivity index (χ0) is 21.3. The number of anilines is 2. The van der Waals surface area contributed by atoms with Crippen molar-refractivity contribution in [1.29, 1.82) is 0 Å². The predicted octanol–water partition coefficient (Wildman–Crippen LogP) is 4.47. The molecule has 0 aliphatic carbocycles. The molecular weight excluding hydrogens is 404 g/mol. The molecule has 1 N–H and O–H groups in total. The second-order valence-corrected chi connectivity index (χ2v) is 7.08. The maximum absolute atomic E-state index is 12.7. The Morgan fingerprint density at radius 3 is 2.10 bits per heavy atom. The minimum atomic E-state index is -0.791. The fourth-order valence-corrected chi connectivity index (χ4v) is 3.67. The van der Waals surface area contributed by atoms with E-state index < -0.39 is 17.9 Å². The van der Waals surface area contributed by atoms with Crippen LogP contribution >= 0.6 is 11.6 Å². The maximum Gasteiger partial charge on any atom is 0.266 e. The Hall–Kier alpha value is -3.48. The van der Waals surface area contributed by atoms with E-state index in [0.29, 0.717) is 22.4 Å². The summed E-state index contributed by atoms with van der Waals surface area (Å²) >= 11 is 6.37. The van der Waals surface area contributed by atoms with Crippen LogP contribution in [0.1, 0.15) is 32.4 Å². The van der Waals surface area contributed by atoms with Crippen molar-refractivity contribution in [2.24, 2.45) is 0 Å². The molecule has 0 aromatic heterocycles. The zero-order valence-corrected chi connectivity index (χ0v) is 16.7. The molecule has 3 amide bonds. The Morgan fingerprint density at radius 2 is 1.53 bits per heavy atom. The van der Waals surface area contributed by atoms with E-state index in [1.54, 1.807) is 42.5 Å². The molecule has 150 valence electrons. The highest BCUT2D eigenvalue weighted by molar-refractivity contribution is 6.40. The molecule has 0 radical (unpaired) electrons. The molecule has 0 unspecified atom stereocenters. The van der Waals surface area contributed by atoms with Crippen LogP contribution in [0.4, 0.5) is 11.4 Å². The molecule has 3 aromatic carbocycles. The van der Waals surface area contributed by atoms with E-state index in [0.717, 1.165) is 4.90 Å². The van der Waals surface area contributed by atoms with E-state index in [-0.39, 0.29) is 16.6 Å². The lowest BCUT2D eigenvalue weighted by Crippen LogP contribution is -2.29. The van der Waals surface area contributed by atoms with Crippen molar-refractivity contribution in [1.82, 2.24) is 0 Å². The summed E-state index contributed by atoms with van der Waals surface area (Å²) in [5.41, 5.74) is 2.06. The number of halogens is 1. The highest BCUT2D eigenvalue weighted by Crippen LogP contribution is 2.35. The summed E-state index contributed by atoms with van der Waals surface area (Å²) in [5.74, 6) is -1.23. The van der Waals surface area contributed by atoms with Gasteiger partial charge in [-0.25, -0.2) is 4.90 Å². The number of hydrogen-bond acceptors (Lipinski definition) is 4. The van der Waals surface area contributed by atoms with Crippen LogP contribution in [0.15, 0.2) is 72.8 Å². The molecule has 0 fully saturated rings. The van der Waals surface area contributed by atoms with Crippen molar-refractivity contribution < 1.29 is 19.1 Å². The van der Waals surface area contributed by atoms with Gasteiger partial charge in [-0.15, -0.1) is 0 Å². The van der Waals surface area contributed by atoms with E-state index in [1.165, 1.54) is 19.2 Å². The molecule has 1 atom stereocenters. The normalized spacial score (nSPS) is 13.9. The number of carbonyl (C=O) groups is 3. The average molecular weight is 421 g/mol. The minimum absolute atomic E-state index is 0.163. The van der Waals surface area contributed by atoms with Crippen LogP contribution in [0.25, 0.3) is 0 Å². The molecule has 1 heterocycles. The van der Waals surface area contributed by atoms with Gasteiger partial charge in [-0.05, 0) is 35.9 Å². The second-order valence-electron chi connectivity index (χ2n) is 6.67. The number of methoxy groups -OCH3 is 1. The van der Waals surface area contributed by atoms with Crippen LogP contribution in [0.3, 0.4) is 0 Å². The summed E-state index contributed by atoms with van der Waals surface area (Å²) in [5, 5.41) is 2.92. The number of imide groups is 1. The van der Waals surface area contributed by atoms with Crippen molar-refractivity contribution in [3.05, 3.63) is 94.5 Å². The van der Waals surface area contributed by atoms with Gasteiger partial charge < -0.3 is 10.1 Å². The van der Waals surface area contributed by atoms with E-state index in [4.69, 9.17) is 16.3 Å². The van der Waals surface area contributed by atoms with Gasteiger partial charge in [0.1, 0.15) is 0 Å².